The van der Waals surface area contributed by atoms with Gasteiger partial charge in [-0.3, -0.25) is 4.98 Å². The van der Waals surface area contributed by atoms with Crippen LogP contribution in [0.15, 0.2) is 61.3 Å². The standard InChI is InChI=1S/C20H17N5.C2H6/c1-13-4-5-15-14(6-10-24-20(15)21)17(13)11-19-16(3-2-8-23-19)18-7-9-22-12-25-18;1-2/h2-10,12H,11H2,1H3,(H2,21,24);1-2H3. The molecule has 0 aliphatic heterocycles. The van der Waals surface area contributed by atoms with E-state index in [2.05, 4.69) is 32.9 Å². The molecule has 4 rings (SSSR count). The van der Waals surface area contributed by atoms with E-state index in [1.54, 1.807) is 18.7 Å². The molecule has 27 heavy (non-hydrogen) atoms. The number of anilines is 1. The summed E-state index contributed by atoms with van der Waals surface area (Å²) >= 11 is 0. The second-order valence-corrected chi connectivity index (χ2v) is 5.92. The summed E-state index contributed by atoms with van der Waals surface area (Å²) in [5, 5.41) is 2.09. The van der Waals surface area contributed by atoms with Crippen LogP contribution in [0.5, 0.6) is 0 Å². The maximum absolute atomic E-state index is 6.05. The minimum atomic E-state index is 0.552. The lowest BCUT2D eigenvalue weighted by Crippen LogP contribution is -2.01. The highest BCUT2D eigenvalue weighted by atomic mass is 14.8. The molecule has 0 amide bonds. The van der Waals surface area contributed by atoms with Crippen LogP contribution in [0.1, 0.15) is 30.7 Å². The van der Waals surface area contributed by atoms with E-state index < -0.39 is 0 Å². The lowest BCUT2D eigenvalue weighted by Gasteiger charge is -2.13. The summed E-state index contributed by atoms with van der Waals surface area (Å²) in [6, 6.07) is 12.0. The smallest absolute Gasteiger partial charge is 0.131 e. The summed E-state index contributed by atoms with van der Waals surface area (Å²) in [5.41, 5.74) is 11.3. The van der Waals surface area contributed by atoms with Gasteiger partial charge in [-0.15, -0.1) is 0 Å². The van der Waals surface area contributed by atoms with E-state index >= 15 is 0 Å². The molecule has 0 aliphatic rings. The Morgan fingerprint density at radius 1 is 0.852 bits per heavy atom. The third kappa shape index (κ3) is 3.77. The molecule has 1 aromatic carbocycles. The summed E-state index contributed by atoms with van der Waals surface area (Å²) in [6.07, 6.45) is 7.57. The van der Waals surface area contributed by atoms with Crippen LogP contribution in [0.4, 0.5) is 5.82 Å². The van der Waals surface area contributed by atoms with E-state index in [-0.39, 0.29) is 0 Å². The highest BCUT2D eigenvalue weighted by Gasteiger charge is 2.13. The minimum Gasteiger partial charge on any atom is -0.383 e. The van der Waals surface area contributed by atoms with Gasteiger partial charge in [-0.05, 0) is 47.7 Å². The molecule has 0 unspecified atom stereocenters. The van der Waals surface area contributed by atoms with Gasteiger partial charge in [-0.2, -0.15) is 0 Å². The average Bonchev–Trinajstić information content (AvgIpc) is 2.73. The molecular formula is C22H23N5. The van der Waals surface area contributed by atoms with Gasteiger partial charge in [-0.1, -0.05) is 26.0 Å². The molecule has 0 fully saturated rings. The first kappa shape index (κ1) is 18.5. The Kier molecular flexibility index (Phi) is 5.71. The average molecular weight is 357 g/mol. The maximum atomic E-state index is 6.05. The number of hydrogen-bond acceptors (Lipinski definition) is 5. The van der Waals surface area contributed by atoms with Crippen LogP contribution < -0.4 is 5.73 Å². The number of fused-ring (bicyclic) bond motifs is 1. The Morgan fingerprint density at radius 3 is 2.48 bits per heavy atom. The van der Waals surface area contributed by atoms with Crippen LogP contribution in [0.2, 0.25) is 0 Å². The van der Waals surface area contributed by atoms with Crippen molar-refractivity contribution in [3.63, 3.8) is 0 Å². The highest BCUT2D eigenvalue weighted by molar-refractivity contribution is 5.94. The van der Waals surface area contributed by atoms with Gasteiger partial charge in [0.05, 0.1) is 11.4 Å². The zero-order chi connectivity index (χ0) is 19.2. The van der Waals surface area contributed by atoms with Gasteiger partial charge in [0, 0.05) is 36.0 Å². The summed E-state index contributed by atoms with van der Waals surface area (Å²) in [7, 11) is 0. The zero-order valence-electron chi connectivity index (χ0n) is 15.8. The van der Waals surface area contributed by atoms with Gasteiger partial charge in [-0.25, -0.2) is 15.0 Å². The number of nitrogens with zero attached hydrogens (tertiary/aromatic N) is 4. The maximum Gasteiger partial charge on any atom is 0.131 e. The Bertz CT molecular complexity index is 1040. The fourth-order valence-corrected chi connectivity index (χ4v) is 3.11. The Labute approximate surface area is 159 Å². The molecule has 0 aliphatic carbocycles. The van der Waals surface area contributed by atoms with Gasteiger partial charge in [0.1, 0.15) is 12.1 Å². The molecular weight excluding hydrogens is 334 g/mol. The number of aromatic nitrogens is 4. The molecule has 0 atom stereocenters. The van der Waals surface area contributed by atoms with Crippen LogP contribution in [-0.4, -0.2) is 19.9 Å². The lowest BCUT2D eigenvalue weighted by atomic mass is 9.94. The van der Waals surface area contributed by atoms with Crippen molar-refractivity contribution < 1.29 is 0 Å². The second kappa shape index (κ2) is 8.36. The van der Waals surface area contributed by atoms with Crippen LogP contribution in [0.3, 0.4) is 0 Å². The quantitative estimate of drug-likeness (QED) is 0.580. The number of nitrogens with two attached hydrogens (primary N) is 1. The molecule has 136 valence electrons. The van der Waals surface area contributed by atoms with E-state index in [1.807, 2.05) is 50.4 Å². The first-order valence-corrected chi connectivity index (χ1v) is 9.07. The van der Waals surface area contributed by atoms with Crippen LogP contribution >= 0.6 is 0 Å². The van der Waals surface area contributed by atoms with Gasteiger partial charge in [0.15, 0.2) is 0 Å². The first-order chi connectivity index (χ1) is 13.2. The van der Waals surface area contributed by atoms with Gasteiger partial charge < -0.3 is 5.73 Å². The van der Waals surface area contributed by atoms with E-state index in [0.717, 1.165) is 27.7 Å². The number of nitrogen functional groups attached to an aromatic ring is 1. The van der Waals surface area contributed by atoms with Crippen LogP contribution in [0.25, 0.3) is 22.0 Å². The molecule has 0 radical (unpaired) electrons. The van der Waals surface area contributed by atoms with Crippen molar-refractivity contribution in [2.24, 2.45) is 0 Å². The van der Waals surface area contributed by atoms with E-state index in [4.69, 9.17) is 5.73 Å². The van der Waals surface area contributed by atoms with Crippen molar-refractivity contribution >= 4 is 16.6 Å². The first-order valence-electron chi connectivity index (χ1n) is 9.07. The Balaban J connectivity index is 0.00000102. The molecule has 5 nitrogen and oxygen atoms in total. The predicted molar refractivity (Wildman–Crippen MR) is 110 cm³/mol. The molecule has 5 heteroatoms. The van der Waals surface area contributed by atoms with Crippen molar-refractivity contribution in [1.29, 1.82) is 0 Å². The third-order valence-electron chi connectivity index (χ3n) is 4.41. The predicted octanol–water partition coefficient (Wildman–Crippen LogP) is 4.59. The largest absolute Gasteiger partial charge is 0.383 e. The highest BCUT2D eigenvalue weighted by Crippen LogP contribution is 2.29. The third-order valence-corrected chi connectivity index (χ3v) is 4.41. The van der Waals surface area contributed by atoms with E-state index in [0.29, 0.717) is 12.2 Å². The number of benzene rings is 1. The molecule has 0 bridgehead atoms. The number of pyridine rings is 2. The van der Waals surface area contributed by atoms with Crippen molar-refractivity contribution in [1.82, 2.24) is 19.9 Å². The summed E-state index contributed by atoms with van der Waals surface area (Å²) in [6.45, 7) is 6.11. The van der Waals surface area contributed by atoms with Crippen molar-refractivity contribution in [3.8, 4) is 11.3 Å². The van der Waals surface area contributed by atoms with Gasteiger partial charge >= 0.3 is 0 Å². The molecule has 0 spiro atoms. The molecule has 0 saturated carbocycles. The summed E-state index contributed by atoms with van der Waals surface area (Å²) in [5.74, 6) is 0.552. The van der Waals surface area contributed by atoms with Gasteiger partial charge in [0.2, 0.25) is 0 Å². The van der Waals surface area contributed by atoms with Crippen molar-refractivity contribution in [2.45, 2.75) is 27.2 Å². The van der Waals surface area contributed by atoms with Crippen molar-refractivity contribution in [3.05, 3.63) is 78.1 Å². The Morgan fingerprint density at radius 2 is 1.70 bits per heavy atom. The molecule has 0 saturated heterocycles. The minimum absolute atomic E-state index is 0.552. The molecule has 3 heterocycles. The molecule has 3 aromatic heterocycles. The van der Waals surface area contributed by atoms with Gasteiger partial charge in [0.25, 0.3) is 0 Å². The fraction of sp³-hybridized carbons (Fsp3) is 0.182. The van der Waals surface area contributed by atoms with E-state index in [9.17, 15) is 0 Å². The SMILES string of the molecule is CC.Cc1ccc2c(N)nccc2c1Cc1ncccc1-c1ccncn1. The summed E-state index contributed by atoms with van der Waals surface area (Å²) < 4.78 is 0. The van der Waals surface area contributed by atoms with Crippen LogP contribution in [0, 0.1) is 6.92 Å². The monoisotopic (exact) mass is 357 g/mol. The second-order valence-electron chi connectivity index (χ2n) is 5.92. The van der Waals surface area contributed by atoms with Crippen molar-refractivity contribution in [2.75, 3.05) is 5.73 Å². The van der Waals surface area contributed by atoms with Crippen LogP contribution in [-0.2, 0) is 6.42 Å². The number of aryl methyl sites for hydroxylation is 1. The Hall–Kier alpha value is -3.34. The normalized spacial score (nSPS) is 10.3. The number of rotatable bonds is 3. The zero-order valence-corrected chi connectivity index (χ0v) is 15.8. The molecule has 4 aromatic rings. The summed E-state index contributed by atoms with van der Waals surface area (Å²) in [4.78, 5) is 17.2. The lowest BCUT2D eigenvalue weighted by molar-refractivity contribution is 1.06. The van der Waals surface area contributed by atoms with E-state index in [1.165, 1.54) is 11.1 Å². The fourth-order valence-electron chi connectivity index (χ4n) is 3.11. The topological polar surface area (TPSA) is 77.6 Å². The molecule has 2 N–H and O–H groups in total. The number of hydrogen-bond donors (Lipinski definition) is 1.